The highest BCUT2D eigenvalue weighted by Gasteiger charge is 2.25. The molecule has 1 heterocycles. The van der Waals surface area contributed by atoms with Crippen LogP contribution in [0, 0.1) is 0 Å². The first-order valence-corrected chi connectivity index (χ1v) is 5.19. The maximum Gasteiger partial charge on any atom is 0.127 e. The molecule has 0 aliphatic rings. The maximum atomic E-state index is 6.01. The van der Waals surface area contributed by atoms with Gasteiger partial charge in [-0.25, -0.2) is 0 Å². The van der Waals surface area contributed by atoms with Crippen molar-refractivity contribution in [3.05, 3.63) is 23.1 Å². The zero-order chi connectivity index (χ0) is 9.90. The summed E-state index contributed by atoms with van der Waals surface area (Å²) in [6.07, 6.45) is 5.20. The SMILES string of the molecule is CCCCC(C)(C)c1occc1Cl. The zero-order valence-corrected chi connectivity index (χ0v) is 9.32. The largest absolute Gasteiger partial charge is 0.467 e. The topological polar surface area (TPSA) is 13.1 Å². The summed E-state index contributed by atoms with van der Waals surface area (Å²) < 4.78 is 5.39. The molecule has 0 bridgehead atoms. The van der Waals surface area contributed by atoms with Crippen LogP contribution in [-0.2, 0) is 5.41 Å². The molecule has 0 aromatic carbocycles. The van der Waals surface area contributed by atoms with Crippen molar-refractivity contribution in [3.63, 3.8) is 0 Å². The van der Waals surface area contributed by atoms with Crippen LogP contribution in [0.1, 0.15) is 45.8 Å². The molecule has 0 unspecified atom stereocenters. The average Bonchev–Trinajstić information content (AvgIpc) is 2.48. The van der Waals surface area contributed by atoms with Gasteiger partial charge in [-0.15, -0.1) is 0 Å². The fraction of sp³-hybridized carbons (Fsp3) is 0.636. The molecule has 1 nitrogen and oxygen atoms in total. The molecule has 1 rings (SSSR count). The molecule has 0 aliphatic heterocycles. The molecule has 0 spiro atoms. The molecule has 1 aromatic rings. The molecular formula is C11H17ClO. The molecule has 0 aliphatic carbocycles. The third-order valence-corrected chi connectivity index (χ3v) is 2.68. The van der Waals surface area contributed by atoms with Crippen LogP contribution in [0.3, 0.4) is 0 Å². The van der Waals surface area contributed by atoms with Crippen molar-refractivity contribution in [2.75, 3.05) is 0 Å². The van der Waals surface area contributed by atoms with E-state index in [-0.39, 0.29) is 5.41 Å². The summed E-state index contributed by atoms with van der Waals surface area (Å²) in [5.41, 5.74) is 0.0661. The molecule has 2 heteroatoms. The van der Waals surface area contributed by atoms with E-state index in [2.05, 4.69) is 20.8 Å². The number of halogens is 1. The monoisotopic (exact) mass is 200 g/mol. The second-order valence-corrected chi connectivity index (χ2v) is 4.49. The molecular weight excluding hydrogens is 184 g/mol. The van der Waals surface area contributed by atoms with Gasteiger partial charge < -0.3 is 4.42 Å². The number of furan rings is 1. The van der Waals surface area contributed by atoms with Crippen LogP contribution < -0.4 is 0 Å². The number of hydrogen-bond acceptors (Lipinski definition) is 1. The Hall–Kier alpha value is -0.430. The van der Waals surface area contributed by atoms with Crippen LogP contribution in [0.5, 0.6) is 0 Å². The lowest BCUT2D eigenvalue weighted by Gasteiger charge is -2.22. The molecule has 0 fully saturated rings. The van der Waals surface area contributed by atoms with Crippen LogP contribution in [0.4, 0.5) is 0 Å². The van der Waals surface area contributed by atoms with E-state index in [1.807, 2.05) is 6.07 Å². The van der Waals surface area contributed by atoms with Gasteiger partial charge in [0, 0.05) is 5.41 Å². The van der Waals surface area contributed by atoms with Crippen molar-refractivity contribution in [1.82, 2.24) is 0 Å². The second kappa shape index (κ2) is 4.19. The molecule has 0 saturated heterocycles. The van der Waals surface area contributed by atoms with Crippen molar-refractivity contribution in [3.8, 4) is 0 Å². The Morgan fingerprint density at radius 3 is 2.62 bits per heavy atom. The molecule has 0 radical (unpaired) electrons. The van der Waals surface area contributed by atoms with Crippen LogP contribution >= 0.6 is 11.6 Å². The summed E-state index contributed by atoms with van der Waals surface area (Å²) in [5.74, 6) is 0.919. The van der Waals surface area contributed by atoms with Gasteiger partial charge >= 0.3 is 0 Å². The highest BCUT2D eigenvalue weighted by atomic mass is 35.5. The van der Waals surface area contributed by atoms with Gasteiger partial charge in [0.2, 0.25) is 0 Å². The third-order valence-electron chi connectivity index (χ3n) is 2.39. The van der Waals surface area contributed by atoms with Crippen molar-refractivity contribution in [1.29, 1.82) is 0 Å². The van der Waals surface area contributed by atoms with E-state index in [4.69, 9.17) is 16.0 Å². The number of rotatable bonds is 4. The van der Waals surface area contributed by atoms with E-state index in [9.17, 15) is 0 Å². The third kappa shape index (κ3) is 2.50. The number of unbranched alkanes of at least 4 members (excludes halogenated alkanes) is 1. The number of hydrogen-bond donors (Lipinski definition) is 0. The normalized spacial score (nSPS) is 12.0. The van der Waals surface area contributed by atoms with Crippen molar-refractivity contribution >= 4 is 11.6 Å². The van der Waals surface area contributed by atoms with E-state index in [0.29, 0.717) is 0 Å². The minimum Gasteiger partial charge on any atom is -0.467 e. The molecule has 0 amide bonds. The molecule has 0 saturated carbocycles. The molecule has 0 atom stereocenters. The minimum atomic E-state index is 0.0661. The van der Waals surface area contributed by atoms with Crippen molar-refractivity contribution in [2.24, 2.45) is 0 Å². The van der Waals surface area contributed by atoms with Crippen LogP contribution in [-0.4, -0.2) is 0 Å². The standard InChI is InChI=1S/C11H17ClO/c1-4-5-7-11(2,3)10-9(12)6-8-13-10/h6,8H,4-5,7H2,1-3H3. The first-order valence-electron chi connectivity index (χ1n) is 4.81. The quantitative estimate of drug-likeness (QED) is 0.702. The zero-order valence-electron chi connectivity index (χ0n) is 8.56. The molecule has 1 aromatic heterocycles. The lowest BCUT2D eigenvalue weighted by atomic mass is 9.85. The van der Waals surface area contributed by atoms with Gasteiger partial charge in [0.15, 0.2) is 0 Å². The lowest BCUT2D eigenvalue weighted by Crippen LogP contribution is -2.16. The van der Waals surface area contributed by atoms with Crippen LogP contribution in [0.2, 0.25) is 5.02 Å². The van der Waals surface area contributed by atoms with Gasteiger partial charge in [-0.1, -0.05) is 45.2 Å². The smallest absolute Gasteiger partial charge is 0.127 e. The first kappa shape index (κ1) is 10.6. The summed E-state index contributed by atoms with van der Waals surface area (Å²) in [7, 11) is 0. The first-order chi connectivity index (χ1) is 6.08. The summed E-state index contributed by atoms with van der Waals surface area (Å²) in [6, 6.07) is 1.81. The Bertz CT molecular complexity index is 263. The lowest BCUT2D eigenvalue weighted by molar-refractivity contribution is 0.356. The Kier molecular flexibility index (Phi) is 3.43. The van der Waals surface area contributed by atoms with E-state index in [0.717, 1.165) is 17.2 Å². The van der Waals surface area contributed by atoms with Gasteiger partial charge in [-0.2, -0.15) is 0 Å². The fourth-order valence-electron chi connectivity index (χ4n) is 1.51. The predicted octanol–water partition coefficient (Wildman–Crippen LogP) is 4.40. The Balaban J connectivity index is 2.74. The van der Waals surface area contributed by atoms with Crippen LogP contribution in [0.25, 0.3) is 0 Å². The molecule has 0 N–H and O–H groups in total. The van der Waals surface area contributed by atoms with E-state index in [1.54, 1.807) is 6.26 Å². The Labute approximate surface area is 85.1 Å². The Morgan fingerprint density at radius 1 is 1.46 bits per heavy atom. The summed E-state index contributed by atoms with van der Waals surface area (Å²) in [6.45, 7) is 6.54. The highest BCUT2D eigenvalue weighted by Crippen LogP contribution is 2.34. The van der Waals surface area contributed by atoms with Crippen molar-refractivity contribution < 1.29 is 4.42 Å². The minimum absolute atomic E-state index is 0.0661. The van der Waals surface area contributed by atoms with Gasteiger partial charge in [0.1, 0.15) is 5.76 Å². The maximum absolute atomic E-state index is 6.01. The van der Waals surface area contributed by atoms with Gasteiger partial charge in [0.25, 0.3) is 0 Å². The summed E-state index contributed by atoms with van der Waals surface area (Å²) in [4.78, 5) is 0. The van der Waals surface area contributed by atoms with Crippen molar-refractivity contribution in [2.45, 2.75) is 45.4 Å². The van der Waals surface area contributed by atoms with Crippen LogP contribution in [0.15, 0.2) is 16.7 Å². The predicted molar refractivity (Wildman–Crippen MR) is 56.3 cm³/mol. The van der Waals surface area contributed by atoms with Gasteiger partial charge in [0.05, 0.1) is 11.3 Å². The highest BCUT2D eigenvalue weighted by molar-refractivity contribution is 6.31. The summed E-state index contributed by atoms with van der Waals surface area (Å²) >= 11 is 6.01. The Morgan fingerprint density at radius 2 is 2.15 bits per heavy atom. The second-order valence-electron chi connectivity index (χ2n) is 4.09. The van der Waals surface area contributed by atoms with Gasteiger partial charge in [-0.3, -0.25) is 0 Å². The average molecular weight is 201 g/mol. The summed E-state index contributed by atoms with van der Waals surface area (Å²) in [5, 5.41) is 0.751. The van der Waals surface area contributed by atoms with Gasteiger partial charge in [-0.05, 0) is 12.5 Å². The van der Waals surface area contributed by atoms with E-state index >= 15 is 0 Å². The van der Waals surface area contributed by atoms with E-state index in [1.165, 1.54) is 12.8 Å². The van der Waals surface area contributed by atoms with E-state index < -0.39 is 0 Å². The molecule has 13 heavy (non-hydrogen) atoms. The molecule has 74 valence electrons. The fourth-order valence-corrected chi connectivity index (χ4v) is 1.86.